The molecule has 1 unspecified atom stereocenters. The number of benzene rings is 1. The van der Waals surface area contributed by atoms with Crippen molar-refractivity contribution in [1.82, 2.24) is 10.6 Å². The Morgan fingerprint density at radius 2 is 1.66 bits per heavy atom. The van der Waals surface area contributed by atoms with Crippen molar-refractivity contribution in [1.29, 1.82) is 0 Å². The highest BCUT2D eigenvalue weighted by molar-refractivity contribution is 6.31. The fourth-order valence-electron chi connectivity index (χ4n) is 4.45. The highest BCUT2D eigenvalue weighted by Crippen LogP contribution is 2.42. The average molecular weight is 463 g/mol. The number of halogens is 1. The average Bonchev–Trinajstić information content (AvgIpc) is 2.74. The van der Waals surface area contributed by atoms with Gasteiger partial charge in [0.25, 0.3) is 0 Å². The number of dihydropyridines is 1. The molecule has 0 bridgehead atoms. The van der Waals surface area contributed by atoms with Gasteiger partial charge >= 0.3 is 11.9 Å². The van der Waals surface area contributed by atoms with E-state index < -0.39 is 17.9 Å². The molecule has 32 heavy (non-hydrogen) atoms. The van der Waals surface area contributed by atoms with Crippen LogP contribution in [0, 0.1) is 0 Å². The fourth-order valence-corrected chi connectivity index (χ4v) is 4.69. The number of carbonyl (C=O) groups is 2. The number of rotatable bonds is 7. The molecule has 0 spiro atoms. The number of nitrogens with one attached hydrogen (secondary N) is 2. The van der Waals surface area contributed by atoms with Gasteiger partial charge in [0.15, 0.2) is 0 Å². The van der Waals surface area contributed by atoms with Crippen molar-refractivity contribution >= 4 is 23.5 Å². The molecular formula is C24H33ClN3O4+. The topological polar surface area (TPSA) is 76.7 Å². The maximum atomic E-state index is 13.3. The summed E-state index contributed by atoms with van der Waals surface area (Å²) in [7, 11) is 2.18. The first-order valence-electron chi connectivity index (χ1n) is 11.1. The molecule has 0 aliphatic carbocycles. The summed E-state index contributed by atoms with van der Waals surface area (Å²) in [4.78, 5) is 26.4. The van der Waals surface area contributed by atoms with Gasteiger partial charge in [-0.1, -0.05) is 29.8 Å². The van der Waals surface area contributed by atoms with E-state index in [1.165, 1.54) is 0 Å². The van der Waals surface area contributed by atoms with Crippen molar-refractivity contribution in [2.75, 3.05) is 53.0 Å². The van der Waals surface area contributed by atoms with Crippen molar-refractivity contribution in [3.05, 3.63) is 57.4 Å². The van der Waals surface area contributed by atoms with E-state index in [0.29, 0.717) is 34.0 Å². The number of hydrogen-bond donors (Lipinski definition) is 2. The summed E-state index contributed by atoms with van der Waals surface area (Å²) in [6, 6.07) is 7.30. The van der Waals surface area contributed by atoms with Crippen LogP contribution in [-0.4, -0.2) is 69.4 Å². The third-order valence-corrected chi connectivity index (χ3v) is 6.39. The Labute approximate surface area is 195 Å². The predicted molar refractivity (Wildman–Crippen MR) is 124 cm³/mol. The molecule has 0 aromatic heterocycles. The number of allylic oxidation sites excluding steroid dienone is 1. The lowest BCUT2D eigenvalue weighted by molar-refractivity contribution is -0.906. The molecular weight excluding hydrogens is 430 g/mol. The van der Waals surface area contributed by atoms with E-state index >= 15 is 0 Å². The van der Waals surface area contributed by atoms with Gasteiger partial charge in [0.05, 0.1) is 56.1 Å². The molecule has 0 amide bonds. The van der Waals surface area contributed by atoms with Crippen LogP contribution in [0.25, 0.3) is 0 Å². The van der Waals surface area contributed by atoms with Crippen LogP contribution in [0.2, 0.25) is 5.02 Å². The van der Waals surface area contributed by atoms with Crippen LogP contribution >= 0.6 is 11.6 Å². The molecule has 174 valence electrons. The molecule has 1 aromatic carbocycles. The molecule has 0 radical (unpaired) electrons. The van der Waals surface area contributed by atoms with E-state index in [9.17, 15) is 9.59 Å². The second-order valence-corrected chi connectivity index (χ2v) is 8.83. The monoisotopic (exact) mass is 462 g/mol. The first-order valence-corrected chi connectivity index (χ1v) is 11.5. The Kier molecular flexibility index (Phi) is 7.98. The van der Waals surface area contributed by atoms with Gasteiger partial charge in [-0.25, -0.2) is 9.59 Å². The summed E-state index contributed by atoms with van der Waals surface area (Å²) in [5, 5.41) is 7.24. The lowest BCUT2D eigenvalue weighted by atomic mass is 9.80. The van der Waals surface area contributed by atoms with Crippen molar-refractivity contribution in [2.45, 2.75) is 26.7 Å². The number of nitrogens with zero attached hydrogens (tertiary/aromatic N) is 1. The minimum absolute atomic E-state index is 0.234. The third kappa shape index (κ3) is 5.17. The van der Waals surface area contributed by atoms with Gasteiger partial charge in [0.1, 0.15) is 6.54 Å². The van der Waals surface area contributed by atoms with E-state index in [2.05, 4.69) is 17.7 Å². The lowest BCUT2D eigenvalue weighted by Gasteiger charge is -2.41. The predicted octanol–water partition coefficient (Wildman–Crippen LogP) is 2.73. The maximum absolute atomic E-state index is 13.3. The Balaban J connectivity index is 2.19. The number of esters is 2. The second-order valence-electron chi connectivity index (χ2n) is 8.43. The molecule has 1 fully saturated rings. The smallest absolute Gasteiger partial charge is 0.336 e. The van der Waals surface area contributed by atoms with E-state index in [1.807, 2.05) is 25.1 Å². The first-order chi connectivity index (χ1) is 15.3. The van der Waals surface area contributed by atoms with Crippen LogP contribution in [0.4, 0.5) is 0 Å². The van der Waals surface area contributed by atoms with Crippen molar-refractivity contribution in [3.8, 4) is 0 Å². The molecule has 1 saturated heterocycles. The Morgan fingerprint density at radius 3 is 2.25 bits per heavy atom. The highest BCUT2D eigenvalue weighted by Gasteiger charge is 2.41. The van der Waals surface area contributed by atoms with Gasteiger partial charge in [0.2, 0.25) is 0 Å². The van der Waals surface area contributed by atoms with Crippen molar-refractivity contribution in [3.63, 3.8) is 0 Å². The minimum Gasteiger partial charge on any atom is -0.463 e. The summed E-state index contributed by atoms with van der Waals surface area (Å²) in [5.74, 6) is -1.59. The van der Waals surface area contributed by atoms with Crippen LogP contribution in [-0.2, 0) is 19.1 Å². The van der Waals surface area contributed by atoms with Gasteiger partial charge in [-0.15, -0.1) is 0 Å². The summed E-state index contributed by atoms with van der Waals surface area (Å²) < 4.78 is 11.6. The molecule has 1 atom stereocenters. The SMILES string of the molecule is CCOC(=O)C1=C(C)NC(C[N+]2(C)CCNCC2)=C(C(=O)OCC)C1c1ccccc1Cl. The van der Waals surface area contributed by atoms with Gasteiger partial charge in [-0.3, -0.25) is 0 Å². The Bertz CT molecular complexity index is 935. The Hall–Kier alpha value is -2.35. The largest absolute Gasteiger partial charge is 0.463 e. The van der Waals surface area contributed by atoms with Crippen LogP contribution in [0.5, 0.6) is 0 Å². The zero-order valence-electron chi connectivity index (χ0n) is 19.3. The van der Waals surface area contributed by atoms with Gasteiger partial charge in [0, 0.05) is 23.8 Å². The molecule has 2 N–H and O–H groups in total. The fraction of sp³-hybridized carbons (Fsp3) is 0.500. The van der Waals surface area contributed by atoms with Gasteiger partial charge < -0.3 is 24.6 Å². The quantitative estimate of drug-likeness (QED) is 0.479. The minimum atomic E-state index is -0.674. The standard InChI is InChI=1S/C24H32ClN3O4/c1-5-31-23(29)20-16(3)27-19(15-28(4)13-11-26-12-14-28)22(24(30)32-6-2)21(20)17-9-7-8-10-18(17)25/h7-10,21,26H,5-6,11-15H2,1-4H3/p+1. The van der Waals surface area contributed by atoms with Gasteiger partial charge in [-0.2, -0.15) is 0 Å². The van der Waals surface area contributed by atoms with Crippen LogP contribution in [0.3, 0.4) is 0 Å². The summed E-state index contributed by atoms with van der Waals surface area (Å²) in [5.41, 5.74) is 2.92. The van der Waals surface area contributed by atoms with Crippen LogP contribution in [0.1, 0.15) is 32.3 Å². The van der Waals surface area contributed by atoms with E-state index in [1.54, 1.807) is 19.9 Å². The molecule has 7 nitrogen and oxygen atoms in total. The molecule has 8 heteroatoms. The number of hydrogen-bond acceptors (Lipinski definition) is 6. The summed E-state index contributed by atoms with van der Waals surface area (Å²) in [6.07, 6.45) is 0. The summed E-state index contributed by atoms with van der Waals surface area (Å²) in [6.45, 7) is 10.2. The zero-order chi connectivity index (χ0) is 23.3. The van der Waals surface area contributed by atoms with Crippen molar-refractivity contribution in [2.24, 2.45) is 0 Å². The molecule has 0 saturated carbocycles. The second kappa shape index (κ2) is 10.5. The molecule has 3 rings (SSSR count). The number of carbonyl (C=O) groups excluding carboxylic acids is 2. The molecule has 2 aliphatic heterocycles. The molecule has 1 aromatic rings. The van der Waals surface area contributed by atoms with E-state index in [-0.39, 0.29) is 13.2 Å². The Morgan fingerprint density at radius 1 is 1.06 bits per heavy atom. The zero-order valence-corrected chi connectivity index (χ0v) is 20.1. The third-order valence-electron chi connectivity index (χ3n) is 6.05. The molecule has 2 heterocycles. The van der Waals surface area contributed by atoms with E-state index in [0.717, 1.165) is 36.4 Å². The number of piperazine rings is 1. The number of ether oxygens (including phenoxy) is 2. The summed E-state index contributed by atoms with van der Waals surface area (Å²) >= 11 is 6.58. The lowest BCUT2D eigenvalue weighted by Crippen LogP contribution is -2.58. The highest BCUT2D eigenvalue weighted by atomic mass is 35.5. The van der Waals surface area contributed by atoms with E-state index in [4.69, 9.17) is 21.1 Å². The van der Waals surface area contributed by atoms with Crippen LogP contribution < -0.4 is 10.6 Å². The normalized spacial score (nSPS) is 20.6. The maximum Gasteiger partial charge on any atom is 0.336 e. The van der Waals surface area contributed by atoms with Gasteiger partial charge in [-0.05, 0) is 32.4 Å². The number of likely N-dealkylation sites (N-methyl/N-ethyl adjacent to an activating group) is 1. The van der Waals surface area contributed by atoms with Crippen LogP contribution in [0.15, 0.2) is 46.8 Å². The van der Waals surface area contributed by atoms with Crippen molar-refractivity contribution < 1.29 is 23.5 Å². The number of quaternary nitrogens is 1. The molecule has 2 aliphatic rings. The first kappa shape index (κ1) is 24.3.